The Morgan fingerprint density at radius 1 is 1.29 bits per heavy atom. The number of benzene rings is 1. The van der Waals surface area contributed by atoms with Crippen molar-refractivity contribution in [1.29, 1.82) is 0 Å². The number of amides is 2. The zero-order valence-electron chi connectivity index (χ0n) is 12.8. The predicted molar refractivity (Wildman–Crippen MR) is 83.3 cm³/mol. The molecule has 5 nitrogen and oxygen atoms in total. The number of para-hydroxylation sites is 1. The molecule has 1 aromatic carbocycles. The Labute approximate surface area is 125 Å². The average molecular weight is 289 g/mol. The molecule has 0 spiro atoms. The minimum absolute atomic E-state index is 0.0689. The molecule has 21 heavy (non-hydrogen) atoms. The summed E-state index contributed by atoms with van der Waals surface area (Å²) in [6, 6.07) is 6.93. The summed E-state index contributed by atoms with van der Waals surface area (Å²) in [7, 11) is 3.40. The lowest BCUT2D eigenvalue weighted by molar-refractivity contribution is -0.119. The first-order valence-corrected chi connectivity index (χ1v) is 7.34. The lowest BCUT2D eigenvalue weighted by Gasteiger charge is -2.27. The van der Waals surface area contributed by atoms with Gasteiger partial charge in [0.2, 0.25) is 5.91 Å². The molecule has 2 unspecified atom stereocenters. The highest BCUT2D eigenvalue weighted by Crippen LogP contribution is 2.19. The van der Waals surface area contributed by atoms with Gasteiger partial charge in [-0.1, -0.05) is 19.1 Å². The van der Waals surface area contributed by atoms with E-state index in [1.807, 2.05) is 6.07 Å². The summed E-state index contributed by atoms with van der Waals surface area (Å²) in [6.07, 6.45) is 1.93. The molecule has 1 aliphatic rings. The molecular formula is C16H23N3O2. The van der Waals surface area contributed by atoms with Crippen LogP contribution in [0, 0.1) is 5.92 Å². The summed E-state index contributed by atoms with van der Waals surface area (Å²) >= 11 is 0. The van der Waals surface area contributed by atoms with Crippen LogP contribution < -0.4 is 10.6 Å². The van der Waals surface area contributed by atoms with Crippen molar-refractivity contribution in [3.63, 3.8) is 0 Å². The van der Waals surface area contributed by atoms with Gasteiger partial charge in [-0.25, -0.2) is 0 Å². The maximum absolute atomic E-state index is 12.4. The second-order valence-electron chi connectivity index (χ2n) is 5.87. The number of nitrogens with one attached hydrogen (secondary N) is 2. The van der Waals surface area contributed by atoms with Crippen molar-refractivity contribution in [2.24, 2.45) is 5.92 Å². The molecule has 2 rings (SSSR count). The van der Waals surface area contributed by atoms with Gasteiger partial charge in [0.25, 0.3) is 5.91 Å². The van der Waals surface area contributed by atoms with Crippen molar-refractivity contribution >= 4 is 17.5 Å². The molecule has 0 aromatic heterocycles. The lowest BCUT2D eigenvalue weighted by atomic mass is 9.94. The Bertz CT molecular complexity index is 528. The third kappa shape index (κ3) is 3.82. The smallest absolute Gasteiger partial charge is 0.255 e. The van der Waals surface area contributed by atoms with Crippen molar-refractivity contribution < 1.29 is 9.59 Å². The standard InChI is InChI=1S/C16H23N3O2/c1-11-8-9-17-14(10-11)15(20)18-13-7-5-4-6-12(13)16(21)19(2)3/h4-7,11,14,17H,8-10H2,1-3H3,(H,18,20). The highest BCUT2D eigenvalue weighted by Gasteiger charge is 2.25. The van der Waals surface area contributed by atoms with Crippen molar-refractivity contribution in [2.75, 3.05) is 26.0 Å². The number of carbonyl (C=O) groups is 2. The zero-order chi connectivity index (χ0) is 15.4. The normalized spacial score (nSPS) is 21.7. The second kappa shape index (κ2) is 6.72. The summed E-state index contributed by atoms with van der Waals surface area (Å²) in [5, 5.41) is 6.12. The maximum Gasteiger partial charge on any atom is 0.255 e. The van der Waals surface area contributed by atoms with Crippen LogP contribution in [-0.4, -0.2) is 43.4 Å². The Kier molecular flexibility index (Phi) is 4.96. The van der Waals surface area contributed by atoms with Crippen LogP contribution in [0.1, 0.15) is 30.1 Å². The zero-order valence-corrected chi connectivity index (χ0v) is 12.8. The van der Waals surface area contributed by atoms with Gasteiger partial charge >= 0.3 is 0 Å². The Morgan fingerprint density at radius 3 is 2.67 bits per heavy atom. The summed E-state index contributed by atoms with van der Waals surface area (Å²) in [5.74, 6) is 0.358. The van der Waals surface area contributed by atoms with Crippen molar-refractivity contribution in [1.82, 2.24) is 10.2 Å². The number of nitrogens with zero attached hydrogens (tertiary/aromatic N) is 1. The van der Waals surface area contributed by atoms with E-state index in [-0.39, 0.29) is 17.9 Å². The van der Waals surface area contributed by atoms with Gasteiger partial charge in [-0.05, 0) is 37.4 Å². The van der Waals surface area contributed by atoms with Gasteiger partial charge in [0, 0.05) is 14.1 Å². The number of hydrogen-bond acceptors (Lipinski definition) is 3. The van der Waals surface area contributed by atoms with Crippen LogP contribution in [0.15, 0.2) is 24.3 Å². The van der Waals surface area contributed by atoms with Gasteiger partial charge in [-0.15, -0.1) is 0 Å². The topological polar surface area (TPSA) is 61.4 Å². The van der Waals surface area contributed by atoms with Gasteiger partial charge in [-0.2, -0.15) is 0 Å². The van der Waals surface area contributed by atoms with Crippen LogP contribution >= 0.6 is 0 Å². The fraction of sp³-hybridized carbons (Fsp3) is 0.500. The monoisotopic (exact) mass is 289 g/mol. The van der Waals surface area contributed by atoms with Crippen LogP contribution in [0.4, 0.5) is 5.69 Å². The molecule has 0 saturated carbocycles. The van der Waals surface area contributed by atoms with E-state index in [2.05, 4.69) is 17.6 Å². The molecule has 5 heteroatoms. The molecule has 1 heterocycles. The van der Waals surface area contributed by atoms with E-state index in [4.69, 9.17) is 0 Å². The lowest BCUT2D eigenvalue weighted by Crippen LogP contribution is -2.45. The van der Waals surface area contributed by atoms with Gasteiger partial charge in [-0.3, -0.25) is 9.59 Å². The second-order valence-corrected chi connectivity index (χ2v) is 5.87. The van der Waals surface area contributed by atoms with E-state index in [1.54, 1.807) is 32.3 Å². The molecule has 1 aromatic rings. The number of hydrogen-bond donors (Lipinski definition) is 2. The van der Waals surface area contributed by atoms with Gasteiger partial charge < -0.3 is 15.5 Å². The van der Waals surface area contributed by atoms with Gasteiger partial charge in [0.1, 0.15) is 0 Å². The molecule has 2 atom stereocenters. The highest BCUT2D eigenvalue weighted by molar-refractivity contribution is 6.04. The first kappa shape index (κ1) is 15.5. The van der Waals surface area contributed by atoms with E-state index >= 15 is 0 Å². The van der Waals surface area contributed by atoms with E-state index < -0.39 is 0 Å². The molecule has 1 aliphatic heterocycles. The summed E-state index contributed by atoms with van der Waals surface area (Å²) in [5.41, 5.74) is 1.08. The van der Waals surface area contributed by atoms with E-state index in [9.17, 15) is 9.59 Å². The molecule has 114 valence electrons. The van der Waals surface area contributed by atoms with E-state index in [0.29, 0.717) is 17.2 Å². The molecule has 1 saturated heterocycles. The van der Waals surface area contributed by atoms with Crippen LogP contribution in [-0.2, 0) is 4.79 Å². The third-order valence-electron chi connectivity index (χ3n) is 3.80. The summed E-state index contributed by atoms with van der Waals surface area (Å²) in [4.78, 5) is 26.0. The van der Waals surface area contributed by atoms with Crippen LogP contribution in [0.2, 0.25) is 0 Å². The maximum atomic E-state index is 12.4. The van der Waals surface area contributed by atoms with Gasteiger partial charge in [0.15, 0.2) is 0 Å². The SMILES string of the molecule is CC1CCNC(C(=O)Nc2ccccc2C(=O)N(C)C)C1. The Balaban J connectivity index is 2.12. The molecule has 1 fully saturated rings. The predicted octanol–water partition coefficient (Wildman–Crippen LogP) is 1.71. The minimum atomic E-state index is -0.184. The van der Waals surface area contributed by atoms with Crippen LogP contribution in [0.3, 0.4) is 0 Å². The van der Waals surface area contributed by atoms with Gasteiger partial charge in [0.05, 0.1) is 17.3 Å². The Hall–Kier alpha value is -1.88. The summed E-state index contributed by atoms with van der Waals surface area (Å²) < 4.78 is 0. The molecular weight excluding hydrogens is 266 g/mol. The van der Waals surface area contributed by atoms with Crippen molar-refractivity contribution in [2.45, 2.75) is 25.8 Å². The number of carbonyl (C=O) groups excluding carboxylic acids is 2. The average Bonchev–Trinajstić information content (AvgIpc) is 2.47. The summed E-state index contributed by atoms with van der Waals surface area (Å²) in [6.45, 7) is 3.02. The number of piperidine rings is 1. The largest absolute Gasteiger partial charge is 0.345 e. The van der Waals surface area contributed by atoms with E-state index in [0.717, 1.165) is 19.4 Å². The van der Waals surface area contributed by atoms with Crippen LogP contribution in [0.5, 0.6) is 0 Å². The molecule has 2 amide bonds. The van der Waals surface area contributed by atoms with Crippen molar-refractivity contribution in [3.05, 3.63) is 29.8 Å². The fourth-order valence-electron chi connectivity index (χ4n) is 2.55. The number of rotatable bonds is 3. The molecule has 0 aliphatic carbocycles. The van der Waals surface area contributed by atoms with Crippen LogP contribution in [0.25, 0.3) is 0 Å². The molecule has 0 radical (unpaired) electrons. The molecule has 2 N–H and O–H groups in total. The minimum Gasteiger partial charge on any atom is -0.345 e. The van der Waals surface area contributed by atoms with Crippen molar-refractivity contribution in [3.8, 4) is 0 Å². The first-order valence-electron chi connectivity index (χ1n) is 7.34. The fourth-order valence-corrected chi connectivity index (χ4v) is 2.55. The quantitative estimate of drug-likeness (QED) is 0.890. The highest BCUT2D eigenvalue weighted by atomic mass is 16.2. The third-order valence-corrected chi connectivity index (χ3v) is 3.80. The molecule has 0 bridgehead atoms. The van der Waals surface area contributed by atoms with E-state index in [1.165, 1.54) is 4.90 Å². The first-order chi connectivity index (χ1) is 9.99. The Morgan fingerprint density at radius 2 is 2.00 bits per heavy atom. The number of anilines is 1.